The van der Waals surface area contributed by atoms with Crippen molar-refractivity contribution in [1.82, 2.24) is 0 Å². The first-order chi connectivity index (χ1) is 9.63. The lowest BCUT2D eigenvalue weighted by atomic mass is 10.1. The quantitative estimate of drug-likeness (QED) is 0.879. The fourth-order valence-corrected chi connectivity index (χ4v) is 2.33. The molecule has 0 bridgehead atoms. The topological polar surface area (TPSA) is 30.5 Å². The smallest absolute Gasteiger partial charge is 0.161 e. The molecule has 20 heavy (non-hydrogen) atoms. The first-order valence-corrected chi connectivity index (χ1v) is 7.14. The van der Waals surface area contributed by atoms with Crippen molar-refractivity contribution < 1.29 is 9.47 Å². The Balaban J connectivity index is 2.12. The lowest BCUT2D eigenvalue weighted by molar-refractivity contribution is 0.354. The molecule has 2 rings (SSSR count). The molecule has 0 heterocycles. The summed E-state index contributed by atoms with van der Waals surface area (Å²) in [6.45, 7) is 2.82. The average molecular weight is 336 g/mol. The van der Waals surface area contributed by atoms with Crippen LogP contribution in [0.4, 0.5) is 5.69 Å². The molecule has 0 fully saturated rings. The van der Waals surface area contributed by atoms with Crippen LogP contribution in [0.15, 0.2) is 40.9 Å². The van der Waals surface area contributed by atoms with Crippen LogP contribution >= 0.6 is 15.9 Å². The van der Waals surface area contributed by atoms with E-state index in [0.29, 0.717) is 0 Å². The van der Waals surface area contributed by atoms with E-state index in [4.69, 9.17) is 9.47 Å². The number of benzene rings is 2. The summed E-state index contributed by atoms with van der Waals surface area (Å²) in [6.07, 6.45) is 0. The number of hydrogen-bond donors (Lipinski definition) is 1. The van der Waals surface area contributed by atoms with Crippen LogP contribution in [0, 0.1) is 6.92 Å². The maximum Gasteiger partial charge on any atom is 0.161 e. The van der Waals surface area contributed by atoms with Gasteiger partial charge in [-0.1, -0.05) is 28.1 Å². The molecule has 0 spiro atoms. The van der Waals surface area contributed by atoms with Crippen LogP contribution in [-0.2, 0) is 6.54 Å². The van der Waals surface area contributed by atoms with Gasteiger partial charge in [0.05, 0.1) is 14.2 Å². The van der Waals surface area contributed by atoms with Crippen molar-refractivity contribution in [3.63, 3.8) is 0 Å². The third kappa shape index (κ3) is 3.45. The van der Waals surface area contributed by atoms with Crippen LogP contribution in [0.3, 0.4) is 0 Å². The lowest BCUT2D eigenvalue weighted by Crippen LogP contribution is -2.02. The third-order valence-corrected chi connectivity index (χ3v) is 3.62. The van der Waals surface area contributed by atoms with Crippen molar-refractivity contribution >= 4 is 21.6 Å². The van der Waals surface area contributed by atoms with Crippen molar-refractivity contribution in [2.75, 3.05) is 19.5 Å². The molecule has 0 aromatic heterocycles. The molecule has 106 valence electrons. The molecule has 4 heteroatoms. The summed E-state index contributed by atoms with van der Waals surface area (Å²) in [6, 6.07) is 12.1. The number of ether oxygens (including phenoxy) is 2. The standard InChI is InChI=1S/C16H18BrNO2/c1-11-4-6-13(17)9-14(11)18-10-12-5-7-15(19-2)16(8-12)20-3/h4-9,18H,10H2,1-3H3. The van der Waals surface area contributed by atoms with Gasteiger partial charge in [-0.25, -0.2) is 0 Å². The average Bonchev–Trinajstić information content (AvgIpc) is 2.47. The maximum absolute atomic E-state index is 5.31. The van der Waals surface area contributed by atoms with E-state index in [1.807, 2.05) is 24.3 Å². The minimum atomic E-state index is 0.734. The van der Waals surface area contributed by atoms with Gasteiger partial charge in [-0.3, -0.25) is 0 Å². The molecular formula is C16H18BrNO2. The fraction of sp³-hybridized carbons (Fsp3) is 0.250. The SMILES string of the molecule is COc1ccc(CNc2cc(Br)ccc2C)cc1OC. The number of halogens is 1. The Labute approximate surface area is 128 Å². The zero-order valence-electron chi connectivity index (χ0n) is 11.9. The zero-order valence-corrected chi connectivity index (χ0v) is 13.5. The van der Waals surface area contributed by atoms with Crippen LogP contribution in [0.25, 0.3) is 0 Å². The van der Waals surface area contributed by atoms with Gasteiger partial charge in [0.1, 0.15) is 0 Å². The summed E-state index contributed by atoms with van der Waals surface area (Å²) in [5, 5.41) is 3.43. The second-order valence-corrected chi connectivity index (χ2v) is 5.42. The first kappa shape index (κ1) is 14.7. The van der Waals surface area contributed by atoms with Gasteiger partial charge in [0.2, 0.25) is 0 Å². The van der Waals surface area contributed by atoms with E-state index in [9.17, 15) is 0 Å². The molecule has 0 aliphatic heterocycles. The van der Waals surface area contributed by atoms with E-state index in [1.165, 1.54) is 5.56 Å². The highest BCUT2D eigenvalue weighted by molar-refractivity contribution is 9.10. The molecule has 3 nitrogen and oxygen atoms in total. The van der Waals surface area contributed by atoms with Crippen LogP contribution in [-0.4, -0.2) is 14.2 Å². The molecule has 0 saturated heterocycles. The van der Waals surface area contributed by atoms with E-state index >= 15 is 0 Å². The highest BCUT2D eigenvalue weighted by Crippen LogP contribution is 2.28. The van der Waals surface area contributed by atoms with Crippen LogP contribution < -0.4 is 14.8 Å². The second kappa shape index (κ2) is 6.66. The number of nitrogens with one attached hydrogen (secondary N) is 1. The van der Waals surface area contributed by atoms with Crippen molar-refractivity contribution in [3.05, 3.63) is 52.0 Å². The summed E-state index contributed by atoms with van der Waals surface area (Å²) in [7, 11) is 3.29. The minimum Gasteiger partial charge on any atom is -0.493 e. The molecule has 0 aliphatic rings. The summed E-state index contributed by atoms with van der Waals surface area (Å²) < 4.78 is 11.6. The Hall–Kier alpha value is -1.68. The van der Waals surface area contributed by atoms with Crippen molar-refractivity contribution in [2.45, 2.75) is 13.5 Å². The third-order valence-electron chi connectivity index (χ3n) is 3.13. The molecular weight excluding hydrogens is 318 g/mol. The van der Waals surface area contributed by atoms with E-state index in [-0.39, 0.29) is 0 Å². The van der Waals surface area contributed by atoms with Crippen LogP contribution in [0.1, 0.15) is 11.1 Å². The van der Waals surface area contributed by atoms with Crippen molar-refractivity contribution in [3.8, 4) is 11.5 Å². The number of aryl methyl sites for hydroxylation is 1. The summed E-state index contributed by atoms with van der Waals surface area (Å²) in [5.74, 6) is 1.49. The molecule has 2 aromatic rings. The molecule has 0 radical (unpaired) electrons. The van der Waals surface area contributed by atoms with Gasteiger partial charge in [0.15, 0.2) is 11.5 Å². The highest BCUT2D eigenvalue weighted by Gasteiger charge is 2.05. The van der Waals surface area contributed by atoms with Gasteiger partial charge in [0.25, 0.3) is 0 Å². The maximum atomic E-state index is 5.31. The van der Waals surface area contributed by atoms with Crippen LogP contribution in [0.5, 0.6) is 11.5 Å². The van der Waals surface area contributed by atoms with Gasteiger partial charge in [-0.05, 0) is 42.3 Å². The molecule has 0 aliphatic carbocycles. The first-order valence-electron chi connectivity index (χ1n) is 6.35. The number of anilines is 1. The summed E-state index contributed by atoms with van der Waals surface area (Å²) >= 11 is 3.49. The van der Waals surface area contributed by atoms with E-state index < -0.39 is 0 Å². The number of hydrogen-bond acceptors (Lipinski definition) is 3. The van der Waals surface area contributed by atoms with Gasteiger partial charge in [0, 0.05) is 16.7 Å². The number of methoxy groups -OCH3 is 2. The Bertz CT molecular complexity index is 599. The molecule has 0 amide bonds. The molecule has 2 aromatic carbocycles. The van der Waals surface area contributed by atoms with Crippen molar-refractivity contribution in [2.24, 2.45) is 0 Å². The predicted octanol–water partition coefficient (Wildman–Crippen LogP) is 4.39. The van der Waals surface area contributed by atoms with Gasteiger partial charge in [-0.2, -0.15) is 0 Å². The zero-order chi connectivity index (χ0) is 14.5. The Morgan fingerprint density at radius 3 is 2.45 bits per heavy atom. The predicted molar refractivity (Wildman–Crippen MR) is 85.8 cm³/mol. The van der Waals surface area contributed by atoms with Crippen molar-refractivity contribution in [1.29, 1.82) is 0 Å². The van der Waals surface area contributed by atoms with Crippen LogP contribution in [0.2, 0.25) is 0 Å². The monoisotopic (exact) mass is 335 g/mol. The second-order valence-electron chi connectivity index (χ2n) is 4.50. The molecule has 0 atom stereocenters. The Kier molecular flexibility index (Phi) is 4.90. The van der Waals surface area contributed by atoms with Gasteiger partial charge < -0.3 is 14.8 Å². The highest BCUT2D eigenvalue weighted by atomic mass is 79.9. The van der Waals surface area contributed by atoms with Gasteiger partial charge >= 0.3 is 0 Å². The van der Waals surface area contributed by atoms with E-state index in [1.54, 1.807) is 14.2 Å². The largest absolute Gasteiger partial charge is 0.493 e. The Morgan fingerprint density at radius 1 is 1.00 bits per heavy atom. The number of rotatable bonds is 5. The normalized spacial score (nSPS) is 10.2. The summed E-state index contributed by atoms with van der Waals surface area (Å²) in [4.78, 5) is 0. The minimum absolute atomic E-state index is 0.734. The molecule has 0 unspecified atom stereocenters. The van der Waals surface area contributed by atoms with E-state index in [2.05, 4.69) is 40.3 Å². The lowest BCUT2D eigenvalue weighted by Gasteiger charge is -2.12. The van der Waals surface area contributed by atoms with Gasteiger partial charge in [-0.15, -0.1) is 0 Å². The molecule has 0 saturated carbocycles. The summed E-state index contributed by atoms with van der Waals surface area (Å²) in [5.41, 5.74) is 3.48. The fourth-order valence-electron chi connectivity index (χ4n) is 1.97. The van der Waals surface area contributed by atoms with E-state index in [0.717, 1.165) is 33.8 Å². The molecule has 1 N–H and O–H groups in total. The Morgan fingerprint density at radius 2 is 1.75 bits per heavy atom.